The van der Waals surface area contributed by atoms with E-state index in [9.17, 15) is 8.42 Å². The number of thioether (sulfide) groups is 1. The average molecular weight is 291 g/mol. The van der Waals surface area contributed by atoms with Crippen molar-refractivity contribution in [3.8, 4) is 0 Å². The van der Waals surface area contributed by atoms with Crippen LogP contribution in [0.3, 0.4) is 0 Å². The number of hydrogen-bond donors (Lipinski definition) is 2. The molecule has 2 rings (SSSR count). The standard InChI is InChI=1S/C11H17NO4S2/c1-17-11(5-2-6-11)8-12-18(14,15)10-4-3-9(7-13)16-10/h3-4,12-13H,2,5-8H2,1H3. The van der Waals surface area contributed by atoms with Crippen LogP contribution in [0.15, 0.2) is 21.6 Å². The molecule has 0 radical (unpaired) electrons. The van der Waals surface area contributed by atoms with Gasteiger partial charge in [0.25, 0.3) is 10.0 Å². The number of furan rings is 1. The van der Waals surface area contributed by atoms with Gasteiger partial charge in [-0.05, 0) is 31.2 Å². The molecule has 0 atom stereocenters. The highest BCUT2D eigenvalue weighted by molar-refractivity contribution is 8.00. The maximum absolute atomic E-state index is 12.0. The molecule has 0 amide bonds. The lowest BCUT2D eigenvalue weighted by molar-refractivity contribution is 0.236. The van der Waals surface area contributed by atoms with Crippen molar-refractivity contribution in [2.75, 3.05) is 12.8 Å². The molecule has 18 heavy (non-hydrogen) atoms. The number of aliphatic hydroxyl groups excluding tert-OH is 1. The minimum Gasteiger partial charge on any atom is -0.446 e. The van der Waals surface area contributed by atoms with Gasteiger partial charge < -0.3 is 9.52 Å². The summed E-state index contributed by atoms with van der Waals surface area (Å²) in [5.74, 6) is 0.249. The number of sulfonamides is 1. The van der Waals surface area contributed by atoms with Crippen molar-refractivity contribution in [2.24, 2.45) is 0 Å². The maximum Gasteiger partial charge on any atom is 0.274 e. The molecule has 5 nitrogen and oxygen atoms in total. The first kappa shape index (κ1) is 13.9. The monoisotopic (exact) mass is 291 g/mol. The SMILES string of the molecule is CSC1(CNS(=O)(=O)c2ccc(CO)o2)CCC1. The lowest BCUT2D eigenvalue weighted by Gasteiger charge is -2.40. The summed E-state index contributed by atoms with van der Waals surface area (Å²) in [6.07, 6.45) is 5.23. The third-order valence-electron chi connectivity index (χ3n) is 3.34. The molecule has 0 unspecified atom stereocenters. The predicted octanol–water partition coefficient (Wildman–Crippen LogP) is 1.34. The van der Waals surface area contributed by atoms with Crippen molar-refractivity contribution in [1.29, 1.82) is 0 Å². The first-order chi connectivity index (χ1) is 8.51. The fraction of sp³-hybridized carbons (Fsp3) is 0.636. The number of hydrogen-bond acceptors (Lipinski definition) is 5. The van der Waals surface area contributed by atoms with Crippen molar-refractivity contribution in [2.45, 2.75) is 35.7 Å². The van der Waals surface area contributed by atoms with Gasteiger partial charge in [0.2, 0.25) is 5.09 Å². The molecule has 0 aliphatic heterocycles. The first-order valence-electron chi connectivity index (χ1n) is 5.76. The van der Waals surface area contributed by atoms with Crippen molar-refractivity contribution in [3.63, 3.8) is 0 Å². The second kappa shape index (κ2) is 5.24. The van der Waals surface area contributed by atoms with E-state index in [1.165, 1.54) is 12.1 Å². The molecule has 1 aliphatic rings. The van der Waals surface area contributed by atoms with Crippen LogP contribution in [0.1, 0.15) is 25.0 Å². The molecule has 1 aromatic heterocycles. The molecular formula is C11H17NO4S2. The predicted molar refractivity (Wildman–Crippen MR) is 69.9 cm³/mol. The summed E-state index contributed by atoms with van der Waals surface area (Å²) < 4.78 is 31.6. The van der Waals surface area contributed by atoms with E-state index < -0.39 is 10.0 Å². The first-order valence-corrected chi connectivity index (χ1v) is 8.46. The molecule has 1 heterocycles. The van der Waals surface area contributed by atoms with Crippen molar-refractivity contribution in [1.82, 2.24) is 4.72 Å². The highest BCUT2D eigenvalue weighted by Gasteiger charge is 2.37. The Morgan fingerprint density at radius 1 is 1.50 bits per heavy atom. The van der Waals surface area contributed by atoms with Gasteiger partial charge in [-0.2, -0.15) is 11.8 Å². The maximum atomic E-state index is 12.0. The van der Waals surface area contributed by atoms with Crippen LogP contribution in [0.25, 0.3) is 0 Å². The van der Waals surface area contributed by atoms with Gasteiger partial charge in [-0.3, -0.25) is 0 Å². The molecule has 1 aromatic rings. The summed E-state index contributed by atoms with van der Waals surface area (Å²) in [6, 6.07) is 2.82. The molecule has 7 heteroatoms. The van der Waals surface area contributed by atoms with E-state index in [1.54, 1.807) is 11.8 Å². The summed E-state index contributed by atoms with van der Waals surface area (Å²) in [5, 5.41) is 8.71. The van der Waals surface area contributed by atoms with Crippen LogP contribution in [0.5, 0.6) is 0 Å². The zero-order valence-electron chi connectivity index (χ0n) is 10.2. The van der Waals surface area contributed by atoms with Gasteiger partial charge in [-0.15, -0.1) is 0 Å². The highest BCUT2D eigenvalue weighted by atomic mass is 32.2. The lowest BCUT2D eigenvalue weighted by Crippen LogP contribution is -2.45. The molecule has 1 fully saturated rings. The zero-order valence-corrected chi connectivity index (χ0v) is 11.8. The minimum atomic E-state index is -3.61. The van der Waals surface area contributed by atoms with Gasteiger partial charge >= 0.3 is 0 Å². The van der Waals surface area contributed by atoms with E-state index in [-0.39, 0.29) is 22.2 Å². The Labute approximate surface area is 111 Å². The van der Waals surface area contributed by atoms with Crippen LogP contribution in [0, 0.1) is 0 Å². The molecule has 0 bridgehead atoms. The van der Waals surface area contributed by atoms with Crippen molar-refractivity contribution in [3.05, 3.63) is 17.9 Å². The topological polar surface area (TPSA) is 79.5 Å². The van der Waals surface area contributed by atoms with Gasteiger partial charge in [-0.1, -0.05) is 6.42 Å². The molecule has 0 saturated heterocycles. The Balaban J connectivity index is 2.03. The normalized spacial score (nSPS) is 18.6. The van der Waals surface area contributed by atoms with Crippen LogP contribution in [-0.2, 0) is 16.6 Å². The fourth-order valence-electron chi connectivity index (χ4n) is 1.91. The van der Waals surface area contributed by atoms with Gasteiger partial charge in [0.05, 0.1) is 0 Å². The molecule has 102 valence electrons. The van der Waals surface area contributed by atoms with Crippen LogP contribution in [0.4, 0.5) is 0 Å². The third kappa shape index (κ3) is 2.74. The van der Waals surface area contributed by atoms with Crippen LogP contribution in [-0.4, -0.2) is 31.1 Å². The van der Waals surface area contributed by atoms with E-state index in [1.807, 2.05) is 6.26 Å². The van der Waals surface area contributed by atoms with E-state index in [0.717, 1.165) is 19.3 Å². The van der Waals surface area contributed by atoms with E-state index >= 15 is 0 Å². The largest absolute Gasteiger partial charge is 0.446 e. The smallest absolute Gasteiger partial charge is 0.274 e. The molecule has 0 aromatic carbocycles. The van der Waals surface area contributed by atoms with Crippen LogP contribution in [0.2, 0.25) is 0 Å². The number of aliphatic hydroxyl groups is 1. The Kier molecular flexibility index (Phi) is 4.05. The second-order valence-electron chi connectivity index (χ2n) is 4.44. The van der Waals surface area contributed by atoms with Crippen molar-refractivity contribution < 1.29 is 17.9 Å². The second-order valence-corrected chi connectivity index (χ2v) is 7.42. The zero-order chi connectivity index (χ0) is 13.2. The summed E-state index contributed by atoms with van der Waals surface area (Å²) >= 11 is 1.71. The summed E-state index contributed by atoms with van der Waals surface area (Å²) in [7, 11) is -3.61. The van der Waals surface area contributed by atoms with Gasteiger partial charge in [-0.25, -0.2) is 13.1 Å². The van der Waals surface area contributed by atoms with E-state index in [4.69, 9.17) is 9.52 Å². The Bertz CT molecular complexity index is 499. The molecule has 0 spiro atoms. The summed E-state index contributed by atoms with van der Waals surface area (Å²) in [5.41, 5.74) is 0. The average Bonchev–Trinajstić information content (AvgIpc) is 2.77. The Morgan fingerprint density at radius 2 is 2.22 bits per heavy atom. The molecular weight excluding hydrogens is 274 g/mol. The Morgan fingerprint density at radius 3 is 2.67 bits per heavy atom. The van der Waals surface area contributed by atoms with Gasteiger partial charge in [0.1, 0.15) is 12.4 Å². The third-order valence-corrected chi connectivity index (χ3v) is 6.03. The highest BCUT2D eigenvalue weighted by Crippen LogP contribution is 2.42. The Hall–Kier alpha value is -0.500. The van der Waals surface area contributed by atoms with Gasteiger partial charge in [0, 0.05) is 11.3 Å². The van der Waals surface area contributed by atoms with Crippen LogP contribution >= 0.6 is 11.8 Å². The fourth-order valence-corrected chi connectivity index (χ4v) is 3.99. The lowest BCUT2D eigenvalue weighted by atomic mass is 9.84. The minimum absolute atomic E-state index is 0.0411. The van der Waals surface area contributed by atoms with Crippen LogP contribution < -0.4 is 4.72 Å². The van der Waals surface area contributed by atoms with E-state index in [0.29, 0.717) is 6.54 Å². The van der Waals surface area contributed by atoms with Gasteiger partial charge in [0.15, 0.2) is 0 Å². The summed E-state index contributed by atoms with van der Waals surface area (Å²) in [4.78, 5) is 0. The number of rotatable bonds is 6. The summed E-state index contributed by atoms with van der Waals surface area (Å²) in [6.45, 7) is 0.121. The quantitative estimate of drug-likeness (QED) is 0.826. The van der Waals surface area contributed by atoms with E-state index in [2.05, 4.69) is 4.72 Å². The molecule has 1 saturated carbocycles. The van der Waals surface area contributed by atoms with Crippen molar-refractivity contribution >= 4 is 21.8 Å². The number of nitrogens with one attached hydrogen (secondary N) is 1. The molecule has 2 N–H and O–H groups in total. The molecule has 1 aliphatic carbocycles.